The number of fused-ring (bicyclic) bond motifs is 2. The van der Waals surface area contributed by atoms with Gasteiger partial charge in [0.1, 0.15) is 11.5 Å². The Hall–Kier alpha value is -2.76. The van der Waals surface area contributed by atoms with E-state index in [0.717, 1.165) is 44.9 Å². The fourth-order valence-corrected chi connectivity index (χ4v) is 4.25. The lowest BCUT2D eigenvalue weighted by Gasteiger charge is -2.20. The van der Waals surface area contributed by atoms with E-state index in [-0.39, 0.29) is 13.6 Å². The van der Waals surface area contributed by atoms with Crippen LogP contribution < -0.4 is 9.47 Å². The summed E-state index contributed by atoms with van der Waals surface area (Å²) in [5.41, 5.74) is 5.95. The van der Waals surface area contributed by atoms with E-state index >= 15 is 0 Å². The Balaban J connectivity index is 1.34. The molecule has 0 spiro atoms. The predicted octanol–water partition coefficient (Wildman–Crippen LogP) is 7.07. The summed E-state index contributed by atoms with van der Waals surface area (Å²) in [4.78, 5) is 0. The monoisotopic (exact) mass is 466 g/mol. The van der Waals surface area contributed by atoms with E-state index < -0.39 is 0 Å². The van der Waals surface area contributed by atoms with E-state index in [0.29, 0.717) is 23.3 Å². The first-order valence-corrected chi connectivity index (χ1v) is 10.9. The van der Waals surface area contributed by atoms with Gasteiger partial charge < -0.3 is 18.9 Å². The van der Waals surface area contributed by atoms with Crippen molar-refractivity contribution in [1.29, 1.82) is 0 Å². The molecular weight excluding hydrogens is 447 g/mol. The summed E-state index contributed by atoms with van der Waals surface area (Å²) < 4.78 is 22.0. The van der Waals surface area contributed by atoms with Gasteiger partial charge in [0.2, 0.25) is 0 Å². The van der Waals surface area contributed by atoms with Crippen LogP contribution in [0, 0.1) is 0 Å². The van der Waals surface area contributed by atoms with E-state index in [2.05, 4.69) is 24.3 Å². The minimum absolute atomic E-state index is 0.254. The van der Waals surface area contributed by atoms with Gasteiger partial charge in [-0.2, -0.15) is 0 Å². The molecule has 0 aliphatic carbocycles. The van der Waals surface area contributed by atoms with Crippen LogP contribution in [0.3, 0.4) is 0 Å². The van der Waals surface area contributed by atoms with Gasteiger partial charge in [0, 0.05) is 32.3 Å². The van der Waals surface area contributed by atoms with Gasteiger partial charge in [-0.05, 0) is 35.4 Å². The van der Waals surface area contributed by atoms with Crippen LogP contribution in [0.2, 0.25) is 10.0 Å². The molecule has 5 rings (SSSR count). The predicted molar refractivity (Wildman–Crippen MR) is 128 cm³/mol. The Morgan fingerprint density at radius 2 is 1.03 bits per heavy atom. The molecule has 2 aliphatic rings. The standard InChI is InChI=1S/C26H20Cl2O4/c27-23-9-19(25-21(11-23)13-29-15-31-25)7-5-17-1-2-18(4-3-17)6-8-20-10-24(28)12-22-14-30-16-32-26(20)22/h1-12H,13-16H2. The number of rotatable bonds is 4. The second-order valence-electron chi connectivity index (χ2n) is 7.52. The van der Waals surface area contributed by atoms with Crippen LogP contribution in [0.5, 0.6) is 11.5 Å². The van der Waals surface area contributed by atoms with Gasteiger partial charge in [-0.1, -0.05) is 71.8 Å². The zero-order valence-electron chi connectivity index (χ0n) is 17.1. The molecule has 2 heterocycles. The molecular formula is C26H20Cl2O4. The van der Waals surface area contributed by atoms with Crippen molar-refractivity contribution in [2.24, 2.45) is 0 Å². The van der Waals surface area contributed by atoms with Crippen LogP contribution in [0.1, 0.15) is 33.4 Å². The number of hydrogen-bond acceptors (Lipinski definition) is 4. The third-order valence-corrected chi connectivity index (χ3v) is 5.69. The Labute approximate surface area is 196 Å². The van der Waals surface area contributed by atoms with Crippen LogP contribution in [0.4, 0.5) is 0 Å². The van der Waals surface area contributed by atoms with E-state index in [9.17, 15) is 0 Å². The topological polar surface area (TPSA) is 36.9 Å². The number of benzene rings is 3. The summed E-state index contributed by atoms with van der Waals surface area (Å²) >= 11 is 12.5. The van der Waals surface area contributed by atoms with Crippen molar-refractivity contribution in [2.75, 3.05) is 13.6 Å². The maximum Gasteiger partial charge on any atom is 0.189 e. The van der Waals surface area contributed by atoms with Crippen molar-refractivity contribution in [3.63, 3.8) is 0 Å². The normalized spacial score (nSPS) is 15.3. The fraction of sp³-hybridized carbons (Fsp3) is 0.154. The minimum atomic E-state index is 0.254. The summed E-state index contributed by atoms with van der Waals surface area (Å²) in [6, 6.07) is 15.8. The summed E-state index contributed by atoms with van der Waals surface area (Å²) in [6.45, 7) is 1.52. The van der Waals surface area contributed by atoms with Crippen molar-refractivity contribution in [2.45, 2.75) is 13.2 Å². The highest BCUT2D eigenvalue weighted by Crippen LogP contribution is 2.34. The first kappa shape index (κ1) is 21.1. The molecule has 2 aliphatic heterocycles. The number of halogens is 2. The third kappa shape index (κ3) is 4.69. The molecule has 6 heteroatoms. The van der Waals surface area contributed by atoms with Gasteiger partial charge >= 0.3 is 0 Å². The zero-order valence-corrected chi connectivity index (χ0v) is 18.7. The maximum absolute atomic E-state index is 6.25. The average Bonchev–Trinajstić information content (AvgIpc) is 2.81. The molecule has 0 bridgehead atoms. The highest BCUT2D eigenvalue weighted by atomic mass is 35.5. The summed E-state index contributed by atoms with van der Waals surface area (Å²) in [5, 5.41) is 1.33. The molecule has 0 amide bonds. The van der Waals surface area contributed by atoms with Crippen molar-refractivity contribution in [3.8, 4) is 11.5 Å². The fourth-order valence-electron chi connectivity index (χ4n) is 3.76. The summed E-state index contributed by atoms with van der Waals surface area (Å²) in [5.74, 6) is 1.66. The van der Waals surface area contributed by atoms with Crippen molar-refractivity contribution >= 4 is 47.5 Å². The highest BCUT2D eigenvalue weighted by Gasteiger charge is 2.16. The molecule has 0 aromatic heterocycles. The molecule has 4 nitrogen and oxygen atoms in total. The second kappa shape index (κ2) is 9.39. The van der Waals surface area contributed by atoms with E-state index in [1.807, 2.05) is 48.6 Å². The smallest absolute Gasteiger partial charge is 0.189 e. The van der Waals surface area contributed by atoms with Gasteiger partial charge in [0.25, 0.3) is 0 Å². The molecule has 0 fully saturated rings. The van der Waals surface area contributed by atoms with Crippen LogP contribution in [-0.4, -0.2) is 13.6 Å². The lowest BCUT2D eigenvalue weighted by molar-refractivity contribution is -0.0166. The Bertz CT molecular complexity index is 1100. The highest BCUT2D eigenvalue weighted by molar-refractivity contribution is 6.31. The lowest BCUT2D eigenvalue weighted by Crippen LogP contribution is -2.12. The van der Waals surface area contributed by atoms with Gasteiger partial charge in [-0.3, -0.25) is 0 Å². The van der Waals surface area contributed by atoms with Crippen LogP contribution in [0.25, 0.3) is 24.3 Å². The molecule has 0 atom stereocenters. The van der Waals surface area contributed by atoms with Crippen LogP contribution in [-0.2, 0) is 22.7 Å². The SMILES string of the molecule is Clc1cc(C=Cc2ccc(C=Cc3cc(Cl)cc4c3OCOC4)cc2)c2c(c1)COCO2. The molecule has 0 saturated carbocycles. The molecule has 0 radical (unpaired) electrons. The molecule has 162 valence electrons. The number of ether oxygens (including phenoxy) is 4. The van der Waals surface area contributed by atoms with Gasteiger partial charge in [0.05, 0.1) is 13.2 Å². The Morgan fingerprint density at radius 3 is 1.47 bits per heavy atom. The minimum Gasteiger partial charge on any atom is -0.467 e. The van der Waals surface area contributed by atoms with Crippen molar-refractivity contribution in [3.05, 3.63) is 92.0 Å². The molecule has 0 unspecified atom stereocenters. The van der Waals surface area contributed by atoms with Gasteiger partial charge in [0.15, 0.2) is 13.6 Å². The molecule has 32 heavy (non-hydrogen) atoms. The van der Waals surface area contributed by atoms with Crippen LogP contribution >= 0.6 is 23.2 Å². The van der Waals surface area contributed by atoms with Crippen LogP contribution in [0.15, 0.2) is 48.5 Å². The first-order chi connectivity index (χ1) is 15.7. The first-order valence-electron chi connectivity index (χ1n) is 10.2. The quantitative estimate of drug-likeness (QED) is 0.385. The van der Waals surface area contributed by atoms with E-state index in [1.54, 1.807) is 0 Å². The summed E-state index contributed by atoms with van der Waals surface area (Å²) in [6.07, 6.45) is 8.11. The zero-order chi connectivity index (χ0) is 21.9. The molecule has 0 N–H and O–H groups in total. The maximum atomic E-state index is 6.25. The average molecular weight is 467 g/mol. The summed E-state index contributed by atoms with van der Waals surface area (Å²) in [7, 11) is 0. The third-order valence-electron chi connectivity index (χ3n) is 5.25. The van der Waals surface area contributed by atoms with Gasteiger partial charge in [-0.25, -0.2) is 0 Å². The second-order valence-corrected chi connectivity index (χ2v) is 8.39. The Kier molecular flexibility index (Phi) is 6.19. The molecule has 0 saturated heterocycles. The number of hydrogen-bond donors (Lipinski definition) is 0. The largest absolute Gasteiger partial charge is 0.467 e. The Morgan fingerprint density at radius 1 is 0.594 bits per heavy atom. The molecule has 3 aromatic carbocycles. The van der Waals surface area contributed by atoms with Gasteiger partial charge in [-0.15, -0.1) is 0 Å². The lowest BCUT2D eigenvalue weighted by atomic mass is 10.0. The van der Waals surface area contributed by atoms with E-state index in [4.69, 9.17) is 42.1 Å². The molecule has 3 aromatic rings. The van der Waals surface area contributed by atoms with E-state index in [1.165, 1.54) is 0 Å². The van der Waals surface area contributed by atoms with Crippen molar-refractivity contribution < 1.29 is 18.9 Å². The van der Waals surface area contributed by atoms with Crippen molar-refractivity contribution in [1.82, 2.24) is 0 Å².